The second-order valence-corrected chi connectivity index (χ2v) is 10.1. The molecule has 0 aromatic carbocycles. The van der Waals surface area contributed by atoms with E-state index in [0.29, 0.717) is 0 Å². The normalized spacial score (nSPS) is 27.6. The third-order valence-corrected chi connectivity index (χ3v) is 7.34. The molecular formula is C14H19N5O10P2. The van der Waals surface area contributed by atoms with Crippen LogP contribution in [0.15, 0.2) is 11.1 Å². The van der Waals surface area contributed by atoms with E-state index in [-0.39, 0.29) is 23.5 Å². The maximum Gasteiger partial charge on any atom is 0.479 e. The van der Waals surface area contributed by atoms with Crippen LogP contribution in [0.4, 0.5) is 5.95 Å². The number of ether oxygens (including phenoxy) is 1. The van der Waals surface area contributed by atoms with Gasteiger partial charge >= 0.3 is 15.4 Å². The van der Waals surface area contributed by atoms with E-state index < -0.39 is 58.3 Å². The Morgan fingerprint density at radius 3 is 2.74 bits per heavy atom. The minimum atomic E-state index is -5.03. The number of nitrogens with one attached hydrogen (secondary N) is 1. The number of phosphoric ester groups is 1. The number of terminal acetylenes is 1. The van der Waals surface area contributed by atoms with Crippen LogP contribution in [0.5, 0.6) is 0 Å². The van der Waals surface area contributed by atoms with Gasteiger partial charge in [0, 0.05) is 6.42 Å². The Bertz CT molecular complexity index is 1160. The molecule has 0 saturated carbocycles. The van der Waals surface area contributed by atoms with E-state index in [0.717, 1.165) is 10.9 Å². The Kier molecular flexibility index (Phi) is 6.68. The highest BCUT2D eigenvalue weighted by Gasteiger charge is 2.46. The largest absolute Gasteiger partial charge is 0.479 e. The first-order valence-corrected chi connectivity index (χ1v) is 11.9. The van der Waals surface area contributed by atoms with Crippen LogP contribution in [0.3, 0.4) is 0 Å². The van der Waals surface area contributed by atoms with E-state index in [1.807, 2.05) is 0 Å². The molecule has 1 aliphatic rings. The first-order chi connectivity index (χ1) is 14.4. The number of hydrogen-bond donors (Lipinski definition) is 6. The van der Waals surface area contributed by atoms with Crippen molar-refractivity contribution in [3.8, 4) is 12.3 Å². The van der Waals surface area contributed by atoms with Crippen molar-refractivity contribution in [1.82, 2.24) is 19.5 Å². The van der Waals surface area contributed by atoms with E-state index in [9.17, 15) is 33.9 Å². The van der Waals surface area contributed by atoms with Gasteiger partial charge in [0.05, 0.1) is 19.1 Å². The molecule has 15 nitrogen and oxygen atoms in total. The number of fused-ring (bicyclic) bond motifs is 1. The summed E-state index contributed by atoms with van der Waals surface area (Å²) in [5.41, 5.74) is 4.74. The quantitative estimate of drug-likeness (QED) is 0.190. The number of aliphatic hydroxyl groups excluding tert-OH is 2. The van der Waals surface area contributed by atoms with Crippen LogP contribution < -0.4 is 11.3 Å². The van der Waals surface area contributed by atoms with Gasteiger partial charge in [0.15, 0.2) is 17.4 Å². The third kappa shape index (κ3) is 5.21. The monoisotopic (exact) mass is 479 g/mol. The zero-order valence-corrected chi connectivity index (χ0v) is 17.4. The Balaban J connectivity index is 1.72. The lowest BCUT2D eigenvalue weighted by Gasteiger charge is -2.19. The summed E-state index contributed by atoms with van der Waals surface area (Å²) >= 11 is 0. The molecule has 2 aromatic rings. The van der Waals surface area contributed by atoms with Gasteiger partial charge in [-0.05, 0) is 0 Å². The van der Waals surface area contributed by atoms with Crippen molar-refractivity contribution >= 4 is 32.5 Å². The van der Waals surface area contributed by atoms with Crippen molar-refractivity contribution < 1.29 is 42.7 Å². The van der Waals surface area contributed by atoms with E-state index in [1.165, 1.54) is 0 Å². The lowest BCUT2D eigenvalue weighted by Crippen LogP contribution is -2.33. The van der Waals surface area contributed by atoms with Crippen LogP contribution in [-0.4, -0.2) is 70.6 Å². The fourth-order valence-electron chi connectivity index (χ4n) is 2.83. The highest BCUT2D eigenvalue weighted by Crippen LogP contribution is 2.60. The van der Waals surface area contributed by atoms with Crippen LogP contribution in [0.1, 0.15) is 12.6 Å². The van der Waals surface area contributed by atoms with Crippen molar-refractivity contribution in [3.05, 3.63) is 16.7 Å². The minimum absolute atomic E-state index is 0.0371. The van der Waals surface area contributed by atoms with E-state index in [1.54, 1.807) is 0 Å². The Hall–Kier alpha value is -2.11. The molecule has 1 aliphatic heterocycles. The summed E-state index contributed by atoms with van der Waals surface area (Å²) in [6.07, 6.45) is -0.489. The summed E-state index contributed by atoms with van der Waals surface area (Å²) in [7, 11) is -9.54. The van der Waals surface area contributed by atoms with E-state index in [2.05, 4.69) is 29.7 Å². The fourth-order valence-corrected chi connectivity index (χ4v) is 5.38. The molecule has 2 aromatic heterocycles. The third-order valence-electron chi connectivity index (χ3n) is 4.23. The summed E-state index contributed by atoms with van der Waals surface area (Å²) in [6.45, 7) is -0.791. The van der Waals surface area contributed by atoms with Gasteiger partial charge in [-0.15, -0.1) is 12.3 Å². The molecule has 31 heavy (non-hydrogen) atoms. The van der Waals surface area contributed by atoms with Crippen molar-refractivity contribution in [3.63, 3.8) is 0 Å². The van der Waals surface area contributed by atoms with Crippen molar-refractivity contribution in [2.45, 2.75) is 31.0 Å². The predicted octanol–water partition coefficient (Wildman–Crippen LogP) is -1.34. The number of aliphatic hydroxyl groups is 2. The number of rotatable bonds is 8. The lowest BCUT2D eigenvalue weighted by molar-refractivity contribution is -0.0501. The van der Waals surface area contributed by atoms with E-state index >= 15 is 0 Å². The number of anilines is 1. The standard InChI is InChI=1S/C14H19N5O10P2/c1-2-3-4-30(23,24)29-31(25,26)27-5-7-9(20)10(21)13(28-7)19-6-16-8-11(19)17-14(15)18-12(8)22/h1,6-7,9-10,13,20-21H,3-5H2,(H,23,24)(H,25,26)(H3,15,17,18,22)/t7-,9?,10?,13-/m1/s1. The van der Waals surface area contributed by atoms with Crippen LogP contribution in [0.25, 0.3) is 11.2 Å². The van der Waals surface area contributed by atoms with Gasteiger partial charge in [-0.3, -0.25) is 23.4 Å². The summed E-state index contributed by atoms with van der Waals surface area (Å²) in [4.78, 5) is 41.1. The average Bonchev–Trinajstić information content (AvgIpc) is 3.20. The summed E-state index contributed by atoms with van der Waals surface area (Å²) in [6, 6.07) is 0. The number of phosphoric acid groups is 1. The Labute approximate surface area is 174 Å². The molecule has 0 spiro atoms. The summed E-state index contributed by atoms with van der Waals surface area (Å²) < 4.78 is 39.2. The molecular weight excluding hydrogens is 460 g/mol. The second-order valence-electron chi connectivity index (χ2n) is 6.48. The highest BCUT2D eigenvalue weighted by atomic mass is 31.3. The minimum Gasteiger partial charge on any atom is -0.387 e. The van der Waals surface area contributed by atoms with Gasteiger partial charge in [-0.1, -0.05) is 0 Å². The average molecular weight is 479 g/mol. The molecule has 6 atom stereocenters. The lowest BCUT2D eigenvalue weighted by atomic mass is 10.1. The number of imidazole rings is 1. The van der Waals surface area contributed by atoms with Gasteiger partial charge in [0.2, 0.25) is 5.95 Å². The number of nitrogen functional groups attached to an aromatic ring is 1. The topological polar surface area (TPSA) is 232 Å². The van der Waals surface area contributed by atoms with Crippen molar-refractivity contribution in [1.29, 1.82) is 0 Å². The molecule has 0 amide bonds. The predicted molar refractivity (Wildman–Crippen MR) is 103 cm³/mol. The molecule has 7 N–H and O–H groups in total. The molecule has 0 radical (unpaired) electrons. The maximum absolute atomic E-state index is 11.9. The van der Waals surface area contributed by atoms with Crippen LogP contribution in [-0.2, 0) is 22.7 Å². The fraction of sp³-hybridized carbons (Fsp3) is 0.500. The van der Waals surface area contributed by atoms with Gasteiger partial charge < -0.3 is 30.5 Å². The van der Waals surface area contributed by atoms with Gasteiger partial charge in [0.25, 0.3) is 5.56 Å². The second kappa shape index (κ2) is 8.79. The number of hydrogen-bond acceptors (Lipinski definition) is 11. The summed E-state index contributed by atoms with van der Waals surface area (Å²) in [5, 5.41) is 20.5. The first-order valence-electron chi connectivity index (χ1n) is 8.62. The number of aromatic amines is 1. The molecule has 170 valence electrons. The van der Waals surface area contributed by atoms with E-state index in [4.69, 9.17) is 16.9 Å². The van der Waals surface area contributed by atoms with Crippen LogP contribution in [0.2, 0.25) is 0 Å². The SMILES string of the molecule is C#CCCP(=O)(O)OP(=O)(O)OC[C@H]1O[C@@H](n2cnc3c(=O)[nH]c(N)nc32)C(O)C1O. The zero-order chi connectivity index (χ0) is 23.0. The number of nitrogens with two attached hydrogens (primary N) is 1. The van der Waals surface area contributed by atoms with Crippen molar-refractivity contribution in [2.24, 2.45) is 0 Å². The summed E-state index contributed by atoms with van der Waals surface area (Å²) in [5.74, 6) is 1.87. The number of nitrogens with zero attached hydrogens (tertiary/aromatic N) is 3. The molecule has 4 unspecified atom stereocenters. The van der Waals surface area contributed by atoms with Crippen LogP contribution >= 0.6 is 15.4 Å². The highest BCUT2D eigenvalue weighted by molar-refractivity contribution is 7.64. The molecule has 0 bridgehead atoms. The number of aromatic nitrogens is 4. The van der Waals surface area contributed by atoms with Gasteiger partial charge in [-0.2, -0.15) is 4.98 Å². The zero-order valence-electron chi connectivity index (χ0n) is 15.6. The van der Waals surface area contributed by atoms with Crippen molar-refractivity contribution in [2.75, 3.05) is 18.5 Å². The van der Waals surface area contributed by atoms with Crippen LogP contribution in [0, 0.1) is 12.3 Å². The smallest absolute Gasteiger partial charge is 0.387 e. The molecule has 17 heteroatoms. The molecule has 3 rings (SSSR count). The molecule has 0 aliphatic carbocycles. The molecule has 1 fully saturated rings. The number of H-pyrrole nitrogens is 1. The molecule has 3 heterocycles. The molecule has 1 saturated heterocycles. The Morgan fingerprint density at radius 1 is 1.35 bits per heavy atom. The van der Waals surface area contributed by atoms with Gasteiger partial charge in [-0.25, -0.2) is 13.9 Å². The maximum atomic E-state index is 11.9. The first kappa shape index (κ1) is 23.6. The van der Waals surface area contributed by atoms with Gasteiger partial charge in [0.1, 0.15) is 18.3 Å². The Morgan fingerprint density at radius 2 is 2.06 bits per heavy atom.